The van der Waals surface area contributed by atoms with E-state index in [4.69, 9.17) is 10.2 Å². The minimum Gasteiger partial charge on any atom is -0.481 e. The second-order valence-electron chi connectivity index (χ2n) is 8.28. The Bertz CT molecular complexity index is 991. The van der Waals surface area contributed by atoms with Crippen molar-refractivity contribution in [1.29, 1.82) is 0 Å². The monoisotopic (exact) mass is 491 g/mol. The van der Waals surface area contributed by atoms with Gasteiger partial charge in [0.15, 0.2) is 0 Å². The van der Waals surface area contributed by atoms with Crippen LogP contribution in [0.1, 0.15) is 36.0 Å². The first-order valence-electron chi connectivity index (χ1n) is 11.6. The van der Waals surface area contributed by atoms with Gasteiger partial charge in [0, 0.05) is 19.3 Å². The third kappa shape index (κ3) is 7.24. The number of hydrogen-bond donors (Lipinski definition) is 3. The van der Waals surface area contributed by atoms with Crippen LogP contribution in [0.5, 0.6) is 0 Å². The summed E-state index contributed by atoms with van der Waals surface area (Å²) in [6.07, 6.45) is 1.46. The third-order valence-electron chi connectivity index (χ3n) is 5.89. The Morgan fingerprint density at radius 3 is 1.29 bits per heavy atom. The predicted molar refractivity (Wildman–Crippen MR) is 138 cm³/mol. The average molecular weight is 492 g/mol. The van der Waals surface area contributed by atoms with Crippen molar-refractivity contribution in [3.05, 3.63) is 108 Å². The topological polar surface area (TPSA) is 104 Å². The molecule has 0 spiro atoms. The number of benzene rings is 3. The van der Waals surface area contributed by atoms with Crippen LogP contribution in [0.25, 0.3) is 0 Å². The maximum absolute atomic E-state index is 13.4. The highest BCUT2D eigenvalue weighted by atomic mass is 31.1. The molecule has 7 heteroatoms. The molecular formula is C28H30NO5P. The molecule has 3 aromatic rings. The van der Waals surface area contributed by atoms with Gasteiger partial charge in [0.05, 0.1) is 0 Å². The van der Waals surface area contributed by atoms with Gasteiger partial charge in [-0.25, -0.2) is 0 Å². The first kappa shape index (κ1) is 26.1. The number of carboxylic acids is 2. The van der Waals surface area contributed by atoms with Crippen molar-refractivity contribution >= 4 is 25.8 Å². The largest absolute Gasteiger partial charge is 0.481 e. The molecule has 0 saturated heterocycles. The molecule has 0 aliphatic heterocycles. The van der Waals surface area contributed by atoms with Crippen molar-refractivity contribution in [2.45, 2.75) is 24.8 Å². The van der Waals surface area contributed by atoms with E-state index in [1.54, 1.807) is 0 Å². The molecule has 0 saturated carbocycles. The summed E-state index contributed by atoms with van der Waals surface area (Å²) in [5.74, 6) is -1.98. The molecule has 0 atom stereocenters. The highest BCUT2D eigenvalue weighted by Gasteiger charge is 2.37. The molecular weight excluding hydrogens is 461 g/mol. The van der Waals surface area contributed by atoms with Crippen LogP contribution < -0.4 is 5.32 Å². The zero-order valence-electron chi connectivity index (χ0n) is 19.5. The lowest BCUT2D eigenvalue weighted by Crippen LogP contribution is -2.48. The molecule has 0 radical (unpaired) electrons. The third-order valence-corrected chi connectivity index (χ3v) is 8.45. The zero-order chi connectivity index (χ0) is 25.1. The Labute approximate surface area is 206 Å². The second-order valence-corrected chi connectivity index (χ2v) is 11.0. The first-order chi connectivity index (χ1) is 16.9. The van der Waals surface area contributed by atoms with E-state index in [0.717, 1.165) is 16.7 Å². The Morgan fingerprint density at radius 2 is 0.943 bits per heavy atom. The molecule has 3 rings (SSSR count). The molecule has 3 N–H and O–H groups in total. The number of nitrogens with one attached hydrogen (secondary N) is 1. The summed E-state index contributed by atoms with van der Waals surface area (Å²) in [6, 6.07) is 29.4. The van der Waals surface area contributed by atoms with E-state index in [0.29, 0.717) is 18.5 Å². The summed E-state index contributed by atoms with van der Waals surface area (Å²) >= 11 is 0. The molecule has 0 aliphatic carbocycles. The predicted octanol–water partition coefficient (Wildman–Crippen LogP) is 4.92. The smallest absolute Gasteiger partial charge is 0.303 e. The molecule has 0 fully saturated rings. The van der Waals surface area contributed by atoms with Gasteiger partial charge in [0.2, 0.25) is 5.91 Å². The van der Waals surface area contributed by atoms with Crippen molar-refractivity contribution in [2.75, 3.05) is 18.5 Å². The van der Waals surface area contributed by atoms with Crippen LogP contribution in [-0.2, 0) is 19.9 Å². The van der Waals surface area contributed by atoms with E-state index in [9.17, 15) is 14.4 Å². The summed E-state index contributed by atoms with van der Waals surface area (Å²) in [5.41, 5.74) is 1.85. The fourth-order valence-corrected chi connectivity index (χ4v) is 6.36. The molecule has 6 nitrogen and oxygen atoms in total. The fraction of sp³-hybridized carbons (Fsp3) is 0.250. The average Bonchev–Trinajstić information content (AvgIpc) is 2.88. The van der Waals surface area contributed by atoms with Crippen LogP contribution >= 0.6 is 7.92 Å². The van der Waals surface area contributed by atoms with Crippen molar-refractivity contribution in [3.63, 3.8) is 0 Å². The first-order valence-corrected chi connectivity index (χ1v) is 13.4. The van der Waals surface area contributed by atoms with Crippen molar-refractivity contribution in [1.82, 2.24) is 5.32 Å². The minimum atomic E-state index is -0.911. The van der Waals surface area contributed by atoms with Gasteiger partial charge in [-0.1, -0.05) is 91.0 Å². The lowest BCUT2D eigenvalue weighted by atomic mass is 9.77. The molecule has 0 heterocycles. The van der Waals surface area contributed by atoms with E-state index in [1.807, 2.05) is 91.0 Å². The molecule has 35 heavy (non-hydrogen) atoms. The van der Waals surface area contributed by atoms with Crippen LogP contribution in [0.4, 0.5) is 0 Å². The van der Waals surface area contributed by atoms with Crippen LogP contribution in [0.2, 0.25) is 0 Å². The van der Waals surface area contributed by atoms with Crippen LogP contribution in [0.15, 0.2) is 91.0 Å². The number of carbonyl (C=O) groups excluding carboxylic acids is 1. The lowest BCUT2D eigenvalue weighted by Gasteiger charge is -2.37. The van der Waals surface area contributed by atoms with Crippen molar-refractivity contribution < 1.29 is 24.6 Å². The SMILES string of the molecule is O=C(O)CCP(CCC(=O)O)CCC(=O)NC(c1ccccc1)(c1ccccc1)c1ccccc1. The van der Waals surface area contributed by atoms with Crippen molar-refractivity contribution in [2.24, 2.45) is 0 Å². The summed E-state index contributed by atoms with van der Waals surface area (Å²) in [6.45, 7) is 0. The van der Waals surface area contributed by atoms with E-state index in [1.165, 1.54) is 0 Å². The maximum Gasteiger partial charge on any atom is 0.303 e. The number of carboxylic acid groups (broad SMARTS) is 2. The molecule has 0 unspecified atom stereocenters. The number of carbonyl (C=O) groups is 3. The molecule has 3 aromatic carbocycles. The number of amides is 1. The van der Waals surface area contributed by atoms with Gasteiger partial charge in [-0.2, -0.15) is 0 Å². The van der Waals surface area contributed by atoms with Crippen LogP contribution in [-0.4, -0.2) is 46.5 Å². The van der Waals surface area contributed by atoms with Crippen LogP contribution in [0, 0.1) is 0 Å². The fourth-order valence-electron chi connectivity index (χ4n) is 4.16. The van der Waals surface area contributed by atoms with Crippen LogP contribution in [0.3, 0.4) is 0 Å². The number of rotatable bonds is 13. The molecule has 0 bridgehead atoms. The highest BCUT2D eigenvalue weighted by molar-refractivity contribution is 7.57. The lowest BCUT2D eigenvalue weighted by molar-refractivity contribution is -0.137. The standard InChI is InChI=1S/C28H30NO5P/c30-25(16-19-35(20-17-26(31)32)21-18-27(33)34)29-28(22-10-4-1-5-11-22,23-12-6-2-7-13-23)24-14-8-3-9-15-24/h1-15H,16-21H2,(H,29,30)(H,31,32)(H,33,34). The summed E-state index contributed by atoms with van der Waals surface area (Å²) in [5, 5.41) is 21.4. The van der Waals surface area contributed by atoms with Gasteiger partial charge in [0.25, 0.3) is 0 Å². The van der Waals surface area contributed by atoms with Gasteiger partial charge < -0.3 is 15.5 Å². The van der Waals surface area contributed by atoms with Gasteiger partial charge >= 0.3 is 11.9 Å². The van der Waals surface area contributed by atoms with Gasteiger partial charge in [-0.3, -0.25) is 14.4 Å². The Kier molecular flexibility index (Phi) is 9.56. The second kappa shape index (κ2) is 12.8. The molecule has 182 valence electrons. The molecule has 1 amide bonds. The van der Waals surface area contributed by atoms with E-state index in [-0.39, 0.29) is 25.2 Å². The van der Waals surface area contributed by atoms with Gasteiger partial charge in [-0.05, 0) is 35.2 Å². The van der Waals surface area contributed by atoms with Crippen molar-refractivity contribution in [3.8, 4) is 0 Å². The molecule has 0 aromatic heterocycles. The Hall–Kier alpha value is -3.50. The summed E-state index contributed by atoms with van der Waals surface area (Å²) < 4.78 is 0. The number of hydrogen-bond acceptors (Lipinski definition) is 3. The molecule has 0 aliphatic rings. The normalized spacial score (nSPS) is 11.2. The summed E-state index contributed by atoms with van der Waals surface area (Å²) in [7, 11) is -0.885. The summed E-state index contributed by atoms with van der Waals surface area (Å²) in [4.78, 5) is 35.5. The zero-order valence-corrected chi connectivity index (χ0v) is 20.4. The van der Waals surface area contributed by atoms with E-state index < -0.39 is 25.4 Å². The van der Waals surface area contributed by atoms with Gasteiger partial charge in [-0.15, -0.1) is 7.92 Å². The number of aliphatic carboxylic acids is 2. The Morgan fingerprint density at radius 1 is 0.600 bits per heavy atom. The quantitative estimate of drug-likeness (QED) is 0.233. The minimum absolute atomic E-state index is 0.0189. The van der Waals surface area contributed by atoms with Gasteiger partial charge in [0.1, 0.15) is 5.54 Å². The Balaban J connectivity index is 1.91. The van der Waals surface area contributed by atoms with E-state index in [2.05, 4.69) is 5.32 Å². The maximum atomic E-state index is 13.4. The highest BCUT2D eigenvalue weighted by Crippen LogP contribution is 2.39. The van der Waals surface area contributed by atoms with E-state index >= 15 is 0 Å².